The van der Waals surface area contributed by atoms with Crippen LogP contribution in [0.4, 0.5) is 0 Å². The molecular weight excluding hydrogens is 356 g/mol. The van der Waals surface area contributed by atoms with Crippen LogP contribution in [0.1, 0.15) is 65.2 Å². The molecule has 2 saturated heterocycles. The smallest absolute Gasteiger partial charge is 0.174 e. The van der Waals surface area contributed by atoms with Crippen LogP contribution in [0.25, 0.3) is 0 Å². The Kier molecular flexibility index (Phi) is 3.79. The van der Waals surface area contributed by atoms with Gasteiger partial charge in [-0.05, 0) is 48.9 Å². The number of fused-ring (bicyclic) bond motifs is 6. The molecule has 4 aliphatic carbocycles. The molecule has 0 aromatic carbocycles. The summed E-state index contributed by atoms with van der Waals surface area (Å²) in [5.41, 5.74) is -0.0620. The standard InChI is InChI=1S/C23H34O5/c1-20-7-8-22(25-9-10-26-22)13-15(20)3-4-16-17-5-6-23(27-11-12-28-23)21(17,2)14-18(24)19(16)20/h15-17,19H,3-14H2,1-2H3/t15-,16-,17-,19+,20-,21+/m0/s1. The first-order valence-electron chi connectivity index (χ1n) is 11.5. The Morgan fingerprint density at radius 2 is 1.57 bits per heavy atom. The van der Waals surface area contributed by atoms with Crippen LogP contribution in [-0.2, 0) is 23.7 Å². The second kappa shape index (κ2) is 5.81. The zero-order valence-electron chi connectivity index (χ0n) is 17.3. The van der Waals surface area contributed by atoms with E-state index in [2.05, 4.69) is 13.8 Å². The number of Topliss-reactive ketones (excluding diaryl/α,β-unsaturated/α-hetero) is 1. The third-order valence-electron chi connectivity index (χ3n) is 9.97. The van der Waals surface area contributed by atoms with E-state index in [9.17, 15) is 4.79 Å². The van der Waals surface area contributed by atoms with Crippen LogP contribution in [0, 0.1) is 34.5 Å². The van der Waals surface area contributed by atoms with Crippen molar-refractivity contribution in [2.75, 3.05) is 26.4 Å². The quantitative estimate of drug-likeness (QED) is 0.631. The fraction of sp³-hybridized carbons (Fsp3) is 0.957. The predicted octanol–water partition coefficient (Wildman–Crippen LogP) is 3.69. The monoisotopic (exact) mass is 390 g/mol. The summed E-state index contributed by atoms with van der Waals surface area (Å²) in [4.78, 5) is 13.7. The molecule has 6 atom stereocenters. The van der Waals surface area contributed by atoms with Crippen molar-refractivity contribution in [1.82, 2.24) is 0 Å². The first-order valence-corrected chi connectivity index (χ1v) is 11.5. The molecule has 156 valence electrons. The van der Waals surface area contributed by atoms with E-state index in [4.69, 9.17) is 18.9 Å². The Labute approximate surface area is 167 Å². The van der Waals surface area contributed by atoms with E-state index in [1.807, 2.05) is 0 Å². The minimum atomic E-state index is -0.502. The highest BCUT2D eigenvalue weighted by molar-refractivity contribution is 5.84. The highest BCUT2D eigenvalue weighted by atomic mass is 16.7. The molecule has 6 rings (SSSR count). The van der Waals surface area contributed by atoms with Crippen LogP contribution < -0.4 is 0 Å². The summed E-state index contributed by atoms with van der Waals surface area (Å²) in [5, 5.41) is 0. The third kappa shape index (κ3) is 2.15. The van der Waals surface area contributed by atoms with Crippen molar-refractivity contribution in [3.63, 3.8) is 0 Å². The maximum Gasteiger partial charge on any atom is 0.174 e. The molecule has 0 bridgehead atoms. The topological polar surface area (TPSA) is 54.0 Å². The van der Waals surface area contributed by atoms with Crippen LogP contribution in [-0.4, -0.2) is 43.8 Å². The van der Waals surface area contributed by atoms with Crippen molar-refractivity contribution < 1.29 is 23.7 Å². The number of hydrogen-bond donors (Lipinski definition) is 0. The van der Waals surface area contributed by atoms with E-state index in [0.717, 1.165) is 51.7 Å². The van der Waals surface area contributed by atoms with Crippen molar-refractivity contribution in [1.29, 1.82) is 0 Å². The fourth-order valence-electron chi connectivity index (χ4n) is 8.65. The summed E-state index contributed by atoms with van der Waals surface area (Å²) in [6.45, 7) is 7.48. The van der Waals surface area contributed by atoms with Crippen molar-refractivity contribution in [3.05, 3.63) is 0 Å². The summed E-state index contributed by atoms with van der Waals surface area (Å²) in [6.07, 6.45) is 8.03. The first kappa shape index (κ1) is 18.3. The summed E-state index contributed by atoms with van der Waals surface area (Å²) in [5.74, 6) is 1.37. The van der Waals surface area contributed by atoms with Crippen molar-refractivity contribution in [2.45, 2.75) is 76.8 Å². The molecular formula is C23H34O5. The third-order valence-corrected chi connectivity index (χ3v) is 9.97. The van der Waals surface area contributed by atoms with Gasteiger partial charge in [0.15, 0.2) is 11.6 Å². The first-order chi connectivity index (χ1) is 13.4. The lowest BCUT2D eigenvalue weighted by molar-refractivity contribution is -0.251. The normalized spacial score (nSPS) is 51.3. The molecule has 0 amide bonds. The zero-order chi connectivity index (χ0) is 19.2. The SMILES string of the molecule is C[C@]12CCC3(C[C@@H]1CC[C@@H]1[C@@H]2C(=O)C[C@]2(C)[C@H]1CCC21OCCO1)OCCO3. The number of hydrogen-bond acceptors (Lipinski definition) is 5. The van der Waals surface area contributed by atoms with Gasteiger partial charge in [0.25, 0.3) is 0 Å². The van der Waals surface area contributed by atoms with Crippen LogP contribution in [0.3, 0.4) is 0 Å². The van der Waals surface area contributed by atoms with E-state index in [-0.39, 0.29) is 22.5 Å². The summed E-state index contributed by atoms with van der Waals surface area (Å²) in [6, 6.07) is 0. The predicted molar refractivity (Wildman–Crippen MR) is 101 cm³/mol. The van der Waals surface area contributed by atoms with E-state index in [1.54, 1.807) is 0 Å². The lowest BCUT2D eigenvalue weighted by atomic mass is 9.44. The molecule has 2 aliphatic heterocycles. The van der Waals surface area contributed by atoms with Crippen LogP contribution in [0.15, 0.2) is 0 Å². The van der Waals surface area contributed by atoms with Gasteiger partial charge in [0.05, 0.1) is 26.4 Å². The molecule has 0 aromatic rings. The van der Waals surface area contributed by atoms with Crippen molar-refractivity contribution in [3.8, 4) is 0 Å². The number of carbonyl (C=O) groups is 1. The fourth-order valence-corrected chi connectivity index (χ4v) is 8.65. The number of rotatable bonds is 0. The second-order valence-corrected chi connectivity index (χ2v) is 10.9. The van der Waals surface area contributed by atoms with E-state index in [1.165, 1.54) is 6.42 Å². The molecule has 0 aromatic heterocycles. The molecule has 2 spiro atoms. The van der Waals surface area contributed by atoms with Crippen molar-refractivity contribution in [2.24, 2.45) is 34.5 Å². The zero-order valence-corrected chi connectivity index (χ0v) is 17.3. The molecule has 0 radical (unpaired) electrons. The average Bonchev–Trinajstić information content (AvgIpc) is 3.38. The van der Waals surface area contributed by atoms with E-state index in [0.29, 0.717) is 43.2 Å². The second-order valence-electron chi connectivity index (χ2n) is 10.9. The highest BCUT2D eigenvalue weighted by Crippen LogP contribution is 2.69. The Morgan fingerprint density at radius 1 is 0.857 bits per heavy atom. The summed E-state index contributed by atoms with van der Waals surface area (Å²) < 4.78 is 24.5. The van der Waals surface area contributed by atoms with Gasteiger partial charge in [-0.25, -0.2) is 0 Å². The number of carbonyl (C=O) groups excluding carboxylic acids is 1. The number of ether oxygens (including phenoxy) is 4. The molecule has 28 heavy (non-hydrogen) atoms. The molecule has 4 saturated carbocycles. The highest BCUT2D eigenvalue weighted by Gasteiger charge is 2.70. The van der Waals surface area contributed by atoms with Gasteiger partial charge in [-0.1, -0.05) is 13.8 Å². The Hall–Kier alpha value is -0.490. The maximum absolute atomic E-state index is 13.7. The lowest BCUT2D eigenvalue weighted by Crippen LogP contribution is -2.61. The Balaban J connectivity index is 1.32. The molecule has 0 N–H and O–H groups in total. The molecule has 2 heterocycles. The van der Waals surface area contributed by atoms with Crippen LogP contribution in [0.5, 0.6) is 0 Å². The van der Waals surface area contributed by atoms with E-state index >= 15 is 0 Å². The Bertz CT molecular complexity index is 678. The van der Waals surface area contributed by atoms with Gasteiger partial charge in [0.1, 0.15) is 5.78 Å². The Morgan fingerprint density at radius 3 is 2.32 bits per heavy atom. The van der Waals surface area contributed by atoms with Gasteiger partial charge in [-0.15, -0.1) is 0 Å². The van der Waals surface area contributed by atoms with Crippen LogP contribution >= 0.6 is 0 Å². The van der Waals surface area contributed by atoms with Crippen molar-refractivity contribution >= 4 is 5.78 Å². The van der Waals surface area contributed by atoms with Gasteiger partial charge in [-0.2, -0.15) is 0 Å². The van der Waals surface area contributed by atoms with Gasteiger partial charge in [0.2, 0.25) is 0 Å². The molecule has 6 fully saturated rings. The average molecular weight is 391 g/mol. The molecule has 6 aliphatic rings. The minimum Gasteiger partial charge on any atom is -0.348 e. The van der Waals surface area contributed by atoms with Gasteiger partial charge in [0, 0.05) is 37.0 Å². The lowest BCUT2D eigenvalue weighted by Gasteiger charge is -2.61. The maximum atomic E-state index is 13.7. The number of ketones is 1. The molecule has 0 unspecified atom stereocenters. The molecule has 5 heteroatoms. The van der Waals surface area contributed by atoms with Gasteiger partial charge < -0.3 is 18.9 Å². The summed E-state index contributed by atoms with van der Waals surface area (Å²) >= 11 is 0. The van der Waals surface area contributed by atoms with Crippen LogP contribution in [0.2, 0.25) is 0 Å². The van der Waals surface area contributed by atoms with Gasteiger partial charge >= 0.3 is 0 Å². The largest absolute Gasteiger partial charge is 0.348 e. The van der Waals surface area contributed by atoms with Gasteiger partial charge in [-0.3, -0.25) is 4.79 Å². The van der Waals surface area contributed by atoms with E-state index < -0.39 is 5.79 Å². The minimum absolute atomic E-state index is 0.0923. The summed E-state index contributed by atoms with van der Waals surface area (Å²) in [7, 11) is 0. The molecule has 5 nitrogen and oxygen atoms in total.